The van der Waals surface area contributed by atoms with E-state index >= 15 is 0 Å². The van der Waals surface area contributed by atoms with Crippen molar-refractivity contribution in [3.8, 4) is 9.88 Å². The van der Waals surface area contributed by atoms with E-state index in [1.54, 1.807) is 17.4 Å². The lowest BCUT2D eigenvalue weighted by Crippen LogP contribution is -2.47. The minimum absolute atomic E-state index is 0.190. The maximum absolute atomic E-state index is 12.8. The van der Waals surface area contributed by atoms with Crippen LogP contribution < -0.4 is 0 Å². The van der Waals surface area contributed by atoms with E-state index < -0.39 is 12.0 Å². The lowest BCUT2D eigenvalue weighted by molar-refractivity contribution is -0.143. The Morgan fingerprint density at radius 2 is 1.96 bits per heavy atom. The van der Waals surface area contributed by atoms with Crippen molar-refractivity contribution in [2.45, 2.75) is 25.3 Å². The maximum atomic E-state index is 12.8. The number of carbonyl (C=O) groups is 2. The number of hydrogen-bond acceptors (Lipinski definition) is 5. The summed E-state index contributed by atoms with van der Waals surface area (Å²) in [4.78, 5) is 31.8. The number of hydrogen-bond donors (Lipinski definition) is 1. The van der Waals surface area contributed by atoms with Gasteiger partial charge in [0.2, 0.25) is 0 Å². The first-order chi connectivity index (χ1) is 12.1. The molecule has 7 heteroatoms. The Hall–Kier alpha value is -2.25. The van der Waals surface area contributed by atoms with Crippen molar-refractivity contribution < 1.29 is 14.7 Å². The smallest absolute Gasteiger partial charge is 0.326 e. The minimum Gasteiger partial charge on any atom is -0.480 e. The van der Waals surface area contributed by atoms with E-state index in [1.165, 1.54) is 16.2 Å². The Labute approximate surface area is 152 Å². The van der Waals surface area contributed by atoms with Gasteiger partial charge in [-0.05, 0) is 43.5 Å². The summed E-state index contributed by atoms with van der Waals surface area (Å²) in [5.74, 6) is -1.11. The molecular weight excluding hydrogens is 356 g/mol. The fourth-order valence-electron chi connectivity index (χ4n) is 3.12. The molecule has 1 amide bonds. The molecule has 3 heterocycles. The highest BCUT2D eigenvalue weighted by Crippen LogP contribution is 2.35. The highest BCUT2D eigenvalue weighted by molar-refractivity contribution is 7.26. The molecule has 1 aliphatic rings. The average Bonchev–Trinajstić information content (AvgIpc) is 3.27. The molecule has 0 spiro atoms. The summed E-state index contributed by atoms with van der Waals surface area (Å²) in [6.07, 6.45) is 2.23. The van der Waals surface area contributed by atoms with Crippen molar-refractivity contribution in [2.75, 3.05) is 6.54 Å². The molecule has 1 aliphatic heterocycles. The van der Waals surface area contributed by atoms with Crippen molar-refractivity contribution in [1.29, 1.82) is 0 Å². The summed E-state index contributed by atoms with van der Waals surface area (Å²) in [6, 6.07) is 10.9. The number of nitrogens with zero attached hydrogens (tertiary/aromatic N) is 2. The standard InChI is InChI=1S/C18H16N2O3S2/c21-17(20-10-4-3-6-12(20)18(22)23)15-9-8-14(24-15)16-19-11-5-1-2-7-13(11)25-16/h1-2,5,7-9,12H,3-4,6,10H2,(H,22,23). The second-order valence-electron chi connectivity index (χ2n) is 6.00. The molecule has 25 heavy (non-hydrogen) atoms. The lowest BCUT2D eigenvalue weighted by Gasteiger charge is -2.32. The normalized spacial score (nSPS) is 17.8. The molecule has 0 bridgehead atoms. The van der Waals surface area contributed by atoms with Gasteiger partial charge in [0, 0.05) is 6.54 Å². The molecule has 0 aliphatic carbocycles. The van der Waals surface area contributed by atoms with Crippen molar-refractivity contribution in [3.63, 3.8) is 0 Å². The Bertz CT molecular complexity index is 914. The Balaban J connectivity index is 1.61. The molecular formula is C18H16N2O3S2. The van der Waals surface area contributed by atoms with Gasteiger partial charge in [-0.2, -0.15) is 0 Å². The molecule has 128 valence electrons. The predicted octanol–water partition coefficient (Wildman–Crippen LogP) is 4.10. The van der Waals surface area contributed by atoms with Crippen LogP contribution in [-0.2, 0) is 4.79 Å². The minimum atomic E-state index is -0.920. The number of carboxylic acids is 1. The zero-order valence-electron chi connectivity index (χ0n) is 13.3. The summed E-state index contributed by atoms with van der Waals surface area (Å²) in [5, 5.41) is 10.3. The Morgan fingerprint density at radius 3 is 2.76 bits per heavy atom. The van der Waals surface area contributed by atoms with Gasteiger partial charge in [-0.15, -0.1) is 22.7 Å². The summed E-state index contributed by atoms with van der Waals surface area (Å²) in [5.41, 5.74) is 0.950. The largest absolute Gasteiger partial charge is 0.480 e. The number of thiophene rings is 1. The van der Waals surface area contributed by atoms with E-state index in [1.807, 2.05) is 30.3 Å². The quantitative estimate of drug-likeness (QED) is 0.751. The lowest BCUT2D eigenvalue weighted by atomic mass is 10.0. The predicted molar refractivity (Wildman–Crippen MR) is 99.2 cm³/mol. The van der Waals surface area contributed by atoms with Crippen LogP contribution in [0.1, 0.15) is 28.9 Å². The van der Waals surface area contributed by atoms with Crippen LogP contribution in [0.5, 0.6) is 0 Å². The van der Waals surface area contributed by atoms with Crippen LogP contribution in [0.4, 0.5) is 0 Å². The molecule has 1 atom stereocenters. The molecule has 5 nitrogen and oxygen atoms in total. The van der Waals surface area contributed by atoms with Crippen LogP contribution in [0, 0.1) is 0 Å². The number of aliphatic carboxylic acids is 1. The number of amides is 1. The van der Waals surface area contributed by atoms with E-state index in [0.717, 1.165) is 32.9 Å². The number of benzene rings is 1. The summed E-state index contributed by atoms with van der Waals surface area (Å²) in [7, 11) is 0. The van der Waals surface area contributed by atoms with Gasteiger partial charge in [0.15, 0.2) is 0 Å². The van der Waals surface area contributed by atoms with Crippen LogP contribution in [0.15, 0.2) is 36.4 Å². The van der Waals surface area contributed by atoms with Crippen LogP contribution in [-0.4, -0.2) is 39.5 Å². The third kappa shape index (κ3) is 3.05. The van der Waals surface area contributed by atoms with Crippen LogP contribution >= 0.6 is 22.7 Å². The van der Waals surface area contributed by atoms with Gasteiger partial charge in [-0.3, -0.25) is 4.79 Å². The summed E-state index contributed by atoms with van der Waals surface area (Å²) >= 11 is 2.98. The van der Waals surface area contributed by atoms with E-state index in [-0.39, 0.29) is 5.91 Å². The third-order valence-electron chi connectivity index (χ3n) is 4.37. The zero-order chi connectivity index (χ0) is 17.4. The number of aromatic nitrogens is 1. The summed E-state index contributed by atoms with van der Waals surface area (Å²) in [6.45, 7) is 0.504. The highest BCUT2D eigenvalue weighted by atomic mass is 32.1. The number of rotatable bonds is 3. The van der Waals surface area contributed by atoms with Crippen LogP contribution in [0.25, 0.3) is 20.1 Å². The molecule has 1 N–H and O–H groups in total. The average molecular weight is 372 g/mol. The van der Waals surface area contributed by atoms with Crippen molar-refractivity contribution in [1.82, 2.24) is 9.88 Å². The molecule has 4 rings (SSSR count). The van der Waals surface area contributed by atoms with Gasteiger partial charge in [0.25, 0.3) is 5.91 Å². The van der Waals surface area contributed by atoms with Gasteiger partial charge in [0.1, 0.15) is 11.0 Å². The van der Waals surface area contributed by atoms with Crippen LogP contribution in [0.2, 0.25) is 0 Å². The number of carbonyl (C=O) groups excluding carboxylic acids is 1. The Morgan fingerprint density at radius 1 is 1.12 bits per heavy atom. The second-order valence-corrected chi connectivity index (χ2v) is 8.11. The molecule has 0 radical (unpaired) electrons. The number of fused-ring (bicyclic) bond motifs is 1. The topological polar surface area (TPSA) is 70.5 Å². The van der Waals surface area contributed by atoms with Gasteiger partial charge in [0.05, 0.1) is 20.0 Å². The molecule has 1 saturated heterocycles. The van der Waals surface area contributed by atoms with E-state index in [4.69, 9.17) is 0 Å². The number of piperidine rings is 1. The van der Waals surface area contributed by atoms with Crippen LogP contribution in [0.3, 0.4) is 0 Å². The second kappa shape index (κ2) is 6.57. The van der Waals surface area contributed by atoms with Crippen molar-refractivity contribution >= 4 is 44.8 Å². The number of likely N-dealkylation sites (tertiary alicyclic amines) is 1. The first-order valence-corrected chi connectivity index (χ1v) is 9.76. The SMILES string of the molecule is O=C(O)C1CCCCN1C(=O)c1ccc(-c2nc3ccccc3s2)s1. The fourth-order valence-corrected chi connectivity index (χ4v) is 5.10. The van der Waals surface area contributed by atoms with E-state index in [2.05, 4.69) is 4.98 Å². The first kappa shape index (κ1) is 16.2. The van der Waals surface area contributed by atoms with Gasteiger partial charge < -0.3 is 10.0 Å². The highest BCUT2D eigenvalue weighted by Gasteiger charge is 2.33. The van der Waals surface area contributed by atoms with Gasteiger partial charge in [-0.1, -0.05) is 12.1 Å². The third-order valence-corrected chi connectivity index (χ3v) is 6.65. The molecule has 1 aromatic carbocycles. The van der Waals surface area contributed by atoms with Gasteiger partial charge in [-0.25, -0.2) is 9.78 Å². The Kier molecular flexibility index (Phi) is 4.27. The fraction of sp³-hybridized carbons (Fsp3) is 0.278. The zero-order valence-corrected chi connectivity index (χ0v) is 15.0. The molecule has 3 aromatic rings. The van der Waals surface area contributed by atoms with Crippen molar-refractivity contribution in [2.24, 2.45) is 0 Å². The monoisotopic (exact) mass is 372 g/mol. The first-order valence-electron chi connectivity index (χ1n) is 8.13. The summed E-state index contributed by atoms with van der Waals surface area (Å²) < 4.78 is 1.11. The molecule has 1 unspecified atom stereocenters. The van der Waals surface area contributed by atoms with E-state index in [0.29, 0.717) is 17.8 Å². The molecule has 0 saturated carbocycles. The van der Waals surface area contributed by atoms with E-state index in [9.17, 15) is 14.7 Å². The molecule has 2 aromatic heterocycles. The van der Waals surface area contributed by atoms with Gasteiger partial charge >= 0.3 is 5.97 Å². The number of thiazole rings is 1. The maximum Gasteiger partial charge on any atom is 0.326 e. The number of carboxylic acid groups (broad SMARTS) is 1. The van der Waals surface area contributed by atoms with Crippen molar-refractivity contribution in [3.05, 3.63) is 41.3 Å². The number of para-hydroxylation sites is 1. The molecule has 1 fully saturated rings.